The fourth-order valence-corrected chi connectivity index (χ4v) is 2.90. The number of halogens is 2. The lowest BCUT2D eigenvalue weighted by atomic mass is 10.1. The fraction of sp³-hybridized carbons (Fsp3) is 0.600. The molecule has 1 atom stereocenters. The summed E-state index contributed by atoms with van der Waals surface area (Å²) in [7, 11) is 1.55. The quantitative estimate of drug-likeness (QED) is 0.737. The van der Waals surface area contributed by atoms with E-state index in [9.17, 15) is 4.39 Å². The van der Waals surface area contributed by atoms with Crippen molar-refractivity contribution >= 4 is 11.6 Å². The number of methoxy groups -OCH3 is 1. The summed E-state index contributed by atoms with van der Waals surface area (Å²) in [4.78, 5) is 2.37. The number of hydrogen-bond donors (Lipinski definition) is 0. The molecule has 1 saturated heterocycles. The summed E-state index contributed by atoms with van der Waals surface area (Å²) in [5.74, 6) is 1.10. The topological polar surface area (TPSA) is 12.5 Å². The van der Waals surface area contributed by atoms with Crippen molar-refractivity contribution in [3.63, 3.8) is 0 Å². The average Bonchev–Trinajstić information content (AvgIpc) is 2.86. The number of benzene rings is 1. The van der Waals surface area contributed by atoms with Gasteiger partial charge in [0, 0.05) is 30.1 Å². The Balaban J connectivity index is 1.99. The van der Waals surface area contributed by atoms with Gasteiger partial charge < -0.3 is 4.74 Å². The minimum atomic E-state index is -0.178. The monoisotopic (exact) mass is 285 g/mol. The first kappa shape index (κ1) is 14.6. The first-order valence-electron chi connectivity index (χ1n) is 6.87. The highest BCUT2D eigenvalue weighted by atomic mass is 35.5. The summed E-state index contributed by atoms with van der Waals surface area (Å²) in [6.45, 7) is 1.74. The maximum atomic E-state index is 13.9. The van der Waals surface area contributed by atoms with E-state index in [1.54, 1.807) is 7.11 Å². The molecule has 1 aliphatic rings. The minimum absolute atomic E-state index is 0.178. The summed E-state index contributed by atoms with van der Waals surface area (Å²) in [6, 6.07) is 5.66. The van der Waals surface area contributed by atoms with Crippen LogP contribution in [0.5, 0.6) is 5.75 Å². The van der Waals surface area contributed by atoms with E-state index in [-0.39, 0.29) is 5.82 Å². The second kappa shape index (κ2) is 7.11. The number of hydrogen-bond acceptors (Lipinski definition) is 2. The molecule has 0 aliphatic carbocycles. The van der Waals surface area contributed by atoms with Crippen LogP contribution >= 0.6 is 11.6 Å². The third-order valence-electron chi connectivity index (χ3n) is 3.80. The van der Waals surface area contributed by atoms with E-state index in [2.05, 4.69) is 4.90 Å². The van der Waals surface area contributed by atoms with Crippen LogP contribution < -0.4 is 4.74 Å². The summed E-state index contributed by atoms with van der Waals surface area (Å²) >= 11 is 5.75. The van der Waals surface area contributed by atoms with Gasteiger partial charge >= 0.3 is 0 Å². The van der Waals surface area contributed by atoms with Crippen LogP contribution in [0.4, 0.5) is 4.39 Å². The van der Waals surface area contributed by atoms with E-state index < -0.39 is 0 Å². The van der Waals surface area contributed by atoms with Gasteiger partial charge in [-0.15, -0.1) is 11.6 Å². The van der Waals surface area contributed by atoms with Crippen molar-refractivity contribution in [2.45, 2.75) is 38.3 Å². The van der Waals surface area contributed by atoms with Crippen molar-refractivity contribution in [2.24, 2.45) is 0 Å². The Kier molecular flexibility index (Phi) is 5.46. The standard InChI is InChI=1S/C15H21ClFNO/c1-19-14-7-6-12(15(17)10-14)11-18-9-3-5-13(18)4-2-8-16/h6-7,10,13H,2-5,8-9,11H2,1H3. The molecule has 1 aromatic carbocycles. The Bertz CT molecular complexity index is 413. The van der Waals surface area contributed by atoms with Crippen LogP contribution in [-0.4, -0.2) is 30.5 Å². The van der Waals surface area contributed by atoms with Gasteiger partial charge in [0.15, 0.2) is 0 Å². The molecule has 0 spiro atoms. The Hall–Kier alpha value is -0.800. The molecule has 1 unspecified atom stereocenters. The molecule has 0 saturated carbocycles. The second-order valence-electron chi connectivity index (χ2n) is 5.06. The summed E-state index contributed by atoms with van der Waals surface area (Å²) in [5.41, 5.74) is 0.749. The molecular weight excluding hydrogens is 265 g/mol. The molecular formula is C15H21ClFNO. The van der Waals surface area contributed by atoms with E-state index in [4.69, 9.17) is 16.3 Å². The zero-order valence-corrected chi connectivity index (χ0v) is 12.1. The molecule has 1 fully saturated rings. The maximum Gasteiger partial charge on any atom is 0.131 e. The lowest BCUT2D eigenvalue weighted by Crippen LogP contribution is -2.29. The van der Waals surface area contributed by atoms with Gasteiger partial charge in [0.2, 0.25) is 0 Å². The molecule has 0 bridgehead atoms. The van der Waals surface area contributed by atoms with Crippen molar-refractivity contribution in [1.29, 1.82) is 0 Å². The summed E-state index contributed by atoms with van der Waals surface area (Å²) in [5, 5.41) is 0. The molecule has 1 heterocycles. The minimum Gasteiger partial charge on any atom is -0.497 e. The van der Waals surface area contributed by atoms with E-state index in [1.807, 2.05) is 12.1 Å². The number of ether oxygens (including phenoxy) is 1. The van der Waals surface area contributed by atoms with Gasteiger partial charge in [-0.1, -0.05) is 6.07 Å². The van der Waals surface area contributed by atoms with E-state index in [0.29, 0.717) is 24.2 Å². The Morgan fingerprint density at radius 3 is 3.00 bits per heavy atom. The molecule has 106 valence electrons. The van der Waals surface area contributed by atoms with E-state index >= 15 is 0 Å². The van der Waals surface area contributed by atoms with Crippen molar-refractivity contribution in [2.75, 3.05) is 19.5 Å². The molecule has 2 nitrogen and oxygen atoms in total. The SMILES string of the molecule is COc1ccc(CN2CCCC2CCCCl)c(F)c1. The van der Waals surface area contributed by atoms with Crippen LogP contribution in [0.25, 0.3) is 0 Å². The van der Waals surface area contributed by atoms with Gasteiger partial charge in [-0.2, -0.15) is 0 Å². The fourth-order valence-electron chi connectivity index (χ4n) is 2.75. The zero-order chi connectivity index (χ0) is 13.7. The number of likely N-dealkylation sites (tertiary alicyclic amines) is 1. The molecule has 2 rings (SSSR count). The van der Waals surface area contributed by atoms with Crippen LogP contribution in [0, 0.1) is 5.82 Å². The molecule has 0 amide bonds. The Labute approximate surface area is 119 Å². The molecule has 4 heteroatoms. The Morgan fingerprint density at radius 2 is 2.32 bits per heavy atom. The van der Waals surface area contributed by atoms with Gasteiger partial charge in [-0.05, 0) is 38.3 Å². The molecule has 1 aromatic rings. The van der Waals surface area contributed by atoms with Crippen molar-refractivity contribution in [3.8, 4) is 5.75 Å². The first-order chi connectivity index (χ1) is 9.24. The smallest absolute Gasteiger partial charge is 0.131 e. The second-order valence-corrected chi connectivity index (χ2v) is 5.43. The van der Waals surface area contributed by atoms with Gasteiger partial charge in [0.1, 0.15) is 11.6 Å². The third-order valence-corrected chi connectivity index (χ3v) is 4.07. The van der Waals surface area contributed by atoms with Gasteiger partial charge in [0.05, 0.1) is 7.11 Å². The zero-order valence-electron chi connectivity index (χ0n) is 11.4. The van der Waals surface area contributed by atoms with Crippen LogP contribution in [0.2, 0.25) is 0 Å². The van der Waals surface area contributed by atoms with Crippen LogP contribution in [0.1, 0.15) is 31.2 Å². The number of alkyl halides is 1. The predicted molar refractivity (Wildman–Crippen MR) is 76.3 cm³/mol. The van der Waals surface area contributed by atoms with Crippen molar-refractivity contribution in [3.05, 3.63) is 29.6 Å². The summed E-state index contributed by atoms with van der Waals surface area (Å²) in [6.07, 6.45) is 4.55. The van der Waals surface area contributed by atoms with Crippen LogP contribution in [0.15, 0.2) is 18.2 Å². The van der Waals surface area contributed by atoms with Gasteiger partial charge in [0.25, 0.3) is 0 Å². The van der Waals surface area contributed by atoms with Crippen LogP contribution in [-0.2, 0) is 6.54 Å². The lowest BCUT2D eigenvalue weighted by Gasteiger charge is -2.24. The van der Waals surface area contributed by atoms with E-state index in [1.165, 1.54) is 18.9 Å². The van der Waals surface area contributed by atoms with Gasteiger partial charge in [-0.3, -0.25) is 4.90 Å². The normalized spacial score (nSPS) is 19.8. The molecule has 19 heavy (non-hydrogen) atoms. The first-order valence-corrected chi connectivity index (χ1v) is 7.40. The lowest BCUT2D eigenvalue weighted by molar-refractivity contribution is 0.230. The molecule has 1 aliphatic heterocycles. The number of nitrogens with zero attached hydrogens (tertiary/aromatic N) is 1. The van der Waals surface area contributed by atoms with Crippen LogP contribution in [0.3, 0.4) is 0 Å². The molecule has 0 N–H and O–H groups in total. The van der Waals surface area contributed by atoms with E-state index in [0.717, 1.165) is 24.9 Å². The number of rotatable bonds is 6. The highest BCUT2D eigenvalue weighted by Crippen LogP contribution is 2.25. The third kappa shape index (κ3) is 3.83. The Morgan fingerprint density at radius 1 is 1.47 bits per heavy atom. The maximum absolute atomic E-state index is 13.9. The summed E-state index contributed by atoms with van der Waals surface area (Å²) < 4.78 is 19.0. The largest absolute Gasteiger partial charge is 0.497 e. The van der Waals surface area contributed by atoms with Gasteiger partial charge in [-0.25, -0.2) is 4.39 Å². The van der Waals surface area contributed by atoms with Crippen molar-refractivity contribution in [1.82, 2.24) is 4.90 Å². The predicted octanol–water partition coefficient (Wildman–Crippen LogP) is 3.82. The highest BCUT2D eigenvalue weighted by Gasteiger charge is 2.24. The molecule has 0 radical (unpaired) electrons. The molecule has 0 aromatic heterocycles. The van der Waals surface area contributed by atoms with Crippen molar-refractivity contribution < 1.29 is 9.13 Å². The highest BCUT2D eigenvalue weighted by molar-refractivity contribution is 6.17. The average molecular weight is 286 g/mol.